The second kappa shape index (κ2) is 3.26. The zero-order chi connectivity index (χ0) is 9.26. The lowest BCUT2D eigenvalue weighted by atomic mass is 10.3. The summed E-state index contributed by atoms with van der Waals surface area (Å²) in [6.45, 7) is 0. The molecule has 0 unspecified atom stereocenters. The van der Waals surface area contributed by atoms with E-state index in [0.717, 1.165) is 5.69 Å². The molecule has 0 spiro atoms. The zero-order valence-electron chi connectivity index (χ0n) is 6.48. The lowest BCUT2D eigenvalue weighted by Gasteiger charge is -1.97. The number of hydrogen-bond acceptors (Lipinski definition) is 2. The molecule has 0 aliphatic rings. The lowest BCUT2D eigenvalue weighted by Crippen LogP contribution is -1.94. The predicted octanol–water partition coefficient (Wildman–Crippen LogP) is 2.17. The molecule has 1 heterocycles. The van der Waals surface area contributed by atoms with Crippen molar-refractivity contribution in [2.45, 2.75) is 0 Å². The maximum Gasteiger partial charge on any atom is 0.148 e. The SMILES string of the molecule is Fc1ccc(-n2cc(Br)nn2)cc1. The summed E-state index contributed by atoms with van der Waals surface area (Å²) in [5.41, 5.74) is 0.777. The monoisotopic (exact) mass is 241 g/mol. The standard InChI is InChI=1S/C8H5BrFN3/c9-8-5-13(12-11-8)7-3-1-6(10)2-4-7/h1-5H. The van der Waals surface area contributed by atoms with Gasteiger partial charge in [-0.05, 0) is 40.2 Å². The van der Waals surface area contributed by atoms with Crippen LogP contribution in [0.5, 0.6) is 0 Å². The highest BCUT2D eigenvalue weighted by atomic mass is 79.9. The number of halogens is 2. The molecule has 66 valence electrons. The van der Waals surface area contributed by atoms with Gasteiger partial charge in [-0.2, -0.15) is 0 Å². The molecule has 0 atom stereocenters. The van der Waals surface area contributed by atoms with E-state index in [2.05, 4.69) is 26.2 Å². The first kappa shape index (κ1) is 8.37. The molecule has 1 aromatic carbocycles. The third-order valence-corrected chi connectivity index (χ3v) is 1.92. The first-order valence-corrected chi connectivity index (χ1v) is 4.39. The molecule has 2 aromatic rings. The third-order valence-electron chi connectivity index (χ3n) is 1.56. The van der Waals surface area contributed by atoms with E-state index in [9.17, 15) is 4.39 Å². The Kier molecular flexibility index (Phi) is 2.10. The predicted molar refractivity (Wildman–Crippen MR) is 49.0 cm³/mol. The number of rotatable bonds is 1. The molecule has 0 saturated heterocycles. The molecule has 0 amide bonds. The first-order chi connectivity index (χ1) is 6.25. The van der Waals surface area contributed by atoms with Crippen molar-refractivity contribution < 1.29 is 4.39 Å². The van der Waals surface area contributed by atoms with Gasteiger partial charge in [-0.1, -0.05) is 5.21 Å². The van der Waals surface area contributed by atoms with E-state index in [-0.39, 0.29) is 5.82 Å². The highest BCUT2D eigenvalue weighted by Crippen LogP contribution is 2.10. The summed E-state index contributed by atoms with van der Waals surface area (Å²) in [6, 6.07) is 6.03. The summed E-state index contributed by atoms with van der Waals surface area (Å²) < 4.78 is 14.8. The average Bonchev–Trinajstić information content (AvgIpc) is 2.53. The molecule has 0 saturated carbocycles. The molecule has 0 N–H and O–H groups in total. The van der Waals surface area contributed by atoms with E-state index in [1.807, 2.05) is 0 Å². The van der Waals surface area contributed by atoms with Crippen LogP contribution in [-0.2, 0) is 0 Å². The van der Waals surface area contributed by atoms with Crippen LogP contribution in [0.1, 0.15) is 0 Å². The van der Waals surface area contributed by atoms with Gasteiger partial charge in [0.15, 0.2) is 0 Å². The van der Waals surface area contributed by atoms with Gasteiger partial charge in [-0.3, -0.25) is 0 Å². The lowest BCUT2D eigenvalue weighted by molar-refractivity contribution is 0.626. The topological polar surface area (TPSA) is 30.7 Å². The fourth-order valence-corrected chi connectivity index (χ4v) is 1.23. The second-order valence-electron chi connectivity index (χ2n) is 2.46. The molecule has 13 heavy (non-hydrogen) atoms. The highest BCUT2D eigenvalue weighted by molar-refractivity contribution is 9.10. The normalized spacial score (nSPS) is 10.3. The summed E-state index contributed by atoms with van der Waals surface area (Å²) in [5, 5.41) is 7.56. The summed E-state index contributed by atoms with van der Waals surface area (Å²) in [6.07, 6.45) is 1.70. The van der Waals surface area contributed by atoms with Gasteiger partial charge in [0, 0.05) is 0 Å². The van der Waals surface area contributed by atoms with Crippen molar-refractivity contribution in [2.75, 3.05) is 0 Å². The molecule has 0 radical (unpaired) electrons. The van der Waals surface area contributed by atoms with Gasteiger partial charge < -0.3 is 0 Å². The minimum atomic E-state index is -0.261. The molecule has 0 aliphatic heterocycles. The Hall–Kier alpha value is -1.23. The van der Waals surface area contributed by atoms with E-state index < -0.39 is 0 Å². The van der Waals surface area contributed by atoms with E-state index in [1.165, 1.54) is 12.1 Å². The van der Waals surface area contributed by atoms with E-state index in [0.29, 0.717) is 4.60 Å². The Morgan fingerprint density at radius 3 is 2.46 bits per heavy atom. The summed E-state index contributed by atoms with van der Waals surface area (Å²) >= 11 is 3.18. The van der Waals surface area contributed by atoms with Crippen LogP contribution >= 0.6 is 15.9 Å². The average molecular weight is 242 g/mol. The number of benzene rings is 1. The number of aromatic nitrogens is 3. The fourth-order valence-electron chi connectivity index (χ4n) is 0.963. The van der Waals surface area contributed by atoms with Crippen LogP contribution in [0.25, 0.3) is 5.69 Å². The Labute approximate surface area is 82.3 Å². The maximum atomic E-state index is 12.6. The van der Waals surface area contributed by atoms with Gasteiger partial charge in [0.1, 0.15) is 10.4 Å². The quantitative estimate of drug-likeness (QED) is 0.767. The van der Waals surface area contributed by atoms with E-state index >= 15 is 0 Å². The Morgan fingerprint density at radius 1 is 1.23 bits per heavy atom. The minimum absolute atomic E-state index is 0.261. The molecular weight excluding hydrogens is 237 g/mol. The van der Waals surface area contributed by atoms with Crippen LogP contribution in [0.3, 0.4) is 0 Å². The molecule has 1 aromatic heterocycles. The maximum absolute atomic E-state index is 12.6. The van der Waals surface area contributed by atoms with Gasteiger partial charge in [0.25, 0.3) is 0 Å². The van der Waals surface area contributed by atoms with Crippen molar-refractivity contribution in [1.82, 2.24) is 15.0 Å². The first-order valence-electron chi connectivity index (χ1n) is 3.59. The highest BCUT2D eigenvalue weighted by Gasteiger charge is 1.99. The third kappa shape index (κ3) is 1.75. The summed E-state index contributed by atoms with van der Waals surface area (Å²) in [4.78, 5) is 0. The van der Waals surface area contributed by atoms with Crippen LogP contribution in [-0.4, -0.2) is 15.0 Å². The summed E-state index contributed by atoms with van der Waals surface area (Å²) in [5.74, 6) is -0.261. The molecule has 2 rings (SSSR count). The summed E-state index contributed by atoms with van der Waals surface area (Å²) in [7, 11) is 0. The van der Waals surface area contributed by atoms with Crippen molar-refractivity contribution in [3.8, 4) is 5.69 Å². The fraction of sp³-hybridized carbons (Fsp3) is 0. The van der Waals surface area contributed by atoms with Crippen molar-refractivity contribution in [3.05, 3.63) is 40.9 Å². The molecule has 5 heteroatoms. The van der Waals surface area contributed by atoms with Crippen molar-refractivity contribution in [3.63, 3.8) is 0 Å². The van der Waals surface area contributed by atoms with Gasteiger partial charge >= 0.3 is 0 Å². The Morgan fingerprint density at radius 2 is 1.92 bits per heavy atom. The Balaban J connectivity index is 2.41. The van der Waals surface area contributed by atoms with Gasteiger partial charge in [-0.15, -0.1) is 5.10 Å². The molecule has 0 aliphatic carbocycles. The van der Waals surface area contributed by atoms with Crippen molar-refractivity contribution in [2.24, 2.45) is 0 Å². The second-order valence-corrected chi connectivity index (χ2v) is 3.27. The van der Waals surface area contributed by atoms with Gasteiger partial charge in [-0.25, -0.2) is 9.07 Å². The van der Waals surface area contributed by atoms with Crippen LogP contribution < -0.4 is 0 Å². The van der Waals surface area contributed by atoms with Crippen LogP contribution in [0.4, 0.5) is 4.39 Å². The van der Waals surface area contributed by atoms with Gasteiger partial charge in [0.05, 0.1) is 11.9 Å². The molecular formula is C8H5BrFN3. The minimum Gasteiger partial charge on any atom is -0.220 e. The van der Waals surface area contributed by atoms with Gasteiger partial charge in [0.2, 0.25) is 0 Å². The zero-order valence-corrected chi connectivity index (χ0v) is 8.07. The Bertz CT molecular complexity index is 410. The molecule has 0 fully saturated rings. The smallest absolute Gasteiger partial charge is 0.148 e. The molecule has 3 nitrogen and oxygen atoms in total. The van der Waals surface area contributed by atoms with Crippen LogP contribution in [0.15, 0.2) is 35.1 Å². The van der Waals surface area contributed by atoms with E-state index in [1.54, 1.807) is 23.0 Å². The largest absolute Gasteiger partial charge is 0.220 e. The van der Waals surface area contributed by atoms with E-state index in [4.69, 9.17) is 0 Å². The number of hydrogen-bond donors (Lipinski definition) is 0. The van der Waals surface area contributed by atoms with Crippen molar-refractivity contribution >= 4 is 15.9 Å². The number of nitrogens with zero attached hydrogens (tertiary/aromatic N) is 3. The molecule has 0 bridgehead atoms. The van der Waals surface area contributed by atoms with Crippen LogP contribution in [0.2, 0.25) is 0 Å². The van der Waals surface area contributed by atoms with Crippen LogP contribution in [0, 0.1) is 5.82 Å². The van der Waals surface area contributed by atoms with Crippen molar-refractivity contribution in [1.29, 1.82) is 0 Å².